The monoisotopic (exact) mass is 331 g/mol. The Bertz CT molecular complexity index is 707. The van der Waals surface area contributed by atoms with Crippen molar-refractivity contribution >= 4 is 11.5 Å². The molecule has 0 bridgehead atoms. The van der Waals surface area contributed by atoms with Crippen LogP contribution in [0.4, 0.5) is 0 Å². The predicted molar refractivity (Wildman–Crippen MR) is 88.6 cm³/mol. The predicted octanol–water partition coefficient (Wildman–Crippen LogP) is 3.48. The molecule has 0 amide bonds. The third kappa shape index (κ3) is 3.09. The Morgan fingerprint density at radius 2 is 2.08 bits per heavy atom. The van der Waals surface area contributed by atoms with Crippen LogP contribution in [0.25, 0.3) is 0 Å². The summed E-state index contributed by atoms with van der Waals surface area (Å²) in [6, 6.07) is 5.64. The van der Waals surface area contributed by atoms with E-state index in [1.54, 1.807) is 0 Å². The lowest BCUT2D eigenvalue weighted by molar-refractivity contribution is -0.116. The number of aliphatic hydroxyl groups excluding tert-OH is 1. The van der Waals surface area contributed by atoms with E-state index in [1.807, 2.05) is 32.0 Å². The number of carbonyl (C=O) groups excluding carboxylic acids is 1. The van der Waals surface area contributed by atoms with Gasteiger partial charge < -0.3 is 19.4 Å². The summed E-state index contributed by atoms with van der Waals surface area (Å²) in [5.74, 6) is 1.27. The molecule has 1 aliphatic carbocycles. The standard InChI is InChI=1S/C18H21NO5/c1-3-13(19-24-4-2)18-14(20)7-12(8-15(18)21)11-5-6-16-17(9-11)23-10-22-16/h5-6,9,12,20H,3-4,7-8,10H2,1-2H3. The van der Waals surface area contributed by atoms with Gasteiger partial charge in [-0.1, -0.05) is 18.1 Å². The van der Waals surface area contributed by atoms with Gasteiger partial charge in [-0.3, -0.25) is 4.79 Å². The van der Waals surface area contributed by atoms with Crippen molar-refractivity contribution < 1.29 is 24.2 Å². The summed E-state index contributed by atoms with van der Waals surface area (Å²) < 4.78 is 10.7. The van der Waals surface area contributed by atoms with Gasteiger partial charge in [0.15, 0.2) is 17.3 Å². The van der Waals surface area contributed by atoms with E-state index in [0.717, 1.165) is 5.56 Å². The number of carbonyl (C=O) groups is 1. The number of hydrogen-bond acceptors (Lipinski definition) is 6. The lowest BCUT2D eigenvalue weighted by Gasteiger charge is -2.24. The first kappa shape index (κ1) is 16.4. The minimum absolute atomic E-state index is 0.0780. The number of aliphatic hydroxyl groups is 1. The number of hydrogen-bond donors (Lipinski definition) is 1. The van der Waals surface area contributed by atoms with Crippen LogP contribution in [0.5, 0.6) is 11.5 Å². The molecule has 6 heteroatoms. The third-order valence-electron chi connectivity index (χ3n) is 4.23. The molecule has 1 heterocycles. The van der Waals surface area contributed by atoms with E-state index in [9.17, 15) is 9.90 Å². The van der Waals surface area contributed by atoms with Gasteiger partial charge in [0.05, 0.1) is 11.3 Å². The van der Waals surface area contributed by atoms with Crippen molar-refractivity contribution in [3.8, 4) is 11.5 Å². The highest BCUT2D eigenvalue weighted by atomic mass is 16.7. The van der Waals surface area contributed by atoms with Gasteiger partial charge >= 0.3 is 0 Å². The lowest BCUT2D eigenvalue weighted by atomic mass is 9.81. The smallest absolute Gasteiger partial charge is 0.231 e. The highest BCUT2D eigenvalue weighted by Gasteiger charge is 2.32. The molecule has 1 unspecified atom stereocenters. The maximum absolute atomic E-state index is 12.6. The zero-order chi connectivity index (χ0) is 17.1. The molecule has 1 aromatic rings. The number of Topliss-reactive ketones (excluding diaryl/α,β-unsaturated/α-hetero) is 1. The molecule has 128 valence electrons. The van der Waals surface area contributed by atoms with E-state index < -0.39 is 0 Å². The van der Waals surface area contributed by atoms with Gasteiger partial charge in [-0.05, 0) is 37.0 Å². The van der Waals surface area contributed by atoms with E-state index in [1.165, 1.54) is 0 Å². The largest absolute Gasteiger partial charge is 0.511 e. The second-order valence-corrected chi connectivity index (χ2v) is 5.77. The quantitative estimate of drug-likeness (QED) is 0.660. The maximum atomic E-state index is 12.6. The maximum Gasteiger partial charge on any atom is 0.231 e. The number of rotatable bonds is 5. The summed E-state index contributed by atoms with van der Waals surface area (Å²) in [5, 5.41) is 14.4. The second kappa shape index (κ2) is 6.95. The van der Waals surface area contributed by atoms with Crippen LogP contribution in [-0.2, 0) is 9.63 Å². The highest BCUT2D eigenvalue weighted by molar-refractivity contribution is 6.23. The van der Waals surface area contributed by atoms with Gasteiger partial charge in [-0.15, -0.1) is 0 Å². The zero-order valence-electron chi connectivity index (χ0n) is 13.9. The summed E-state index contributed by atoms with van der Waals surface area (Å²) in [6.07, 6.45) is 1.25. The topological polar surface area (TPSA) is 77.3 Å². The molecular weight excluding hydrogens is 310 g/mol. The highest BCUT2D eigenvalue weighted by Crippen LogP contribution is 2.39. The van der Waals surface area contributed by atoms with Crippen molar-refractivity contribution in [3.63, 3.8) is 0 Å². The number of oxime groups is 1. The van der Waals surface area contributed by atoms with Gasteiger partial charge in [0.1, 0.15) is 12.4 Å². The molecule has 3 rings (SSSR count). The third-order valence-corrected chi connectivity index (χ3v) is 4.23. The van der Waals surface area contributed by atoms with Crippen molar-refractivity contribution in [2.75, 3.05) is 13.4 Å². The van der Waals surface area contributed by atoms with Gasteiger partial charge in [0, 0.05) is 12.8 Å². The molecule has 0 radical (unpaired) electrons. The Kier molecular flexibility index (Phi) is 4.74. The molecule has 1 aliphatic heterocycles. The van der Waals surface area contributed by atoms with Crippen LogP contribution < -0.4 is 9.47 Å². The lowest BCUT2D eigenvalue weighted by Crippen LogP contribution is -2.23. The SMILES string of the molecule is CCON=C(CC)C1=C(O)CC(c2ccc3c(c2)OCO3)CC1=O. The van der Waals surface area contributed by atoms with Crippen LogP contribution in [-0.4, -0.2) is 30.0 Å². The number of nitrogens with zero attached hydrogens (tertiary/aromatic N) is 1. The van der Waals surface area contributed by atoms with Crippen molar-refractivity contribution in [2.45, 2.75) is 39.0 Å². The average molecular weight is 331 g/mol. The fourth-order valence-electron chi connectivity index (χ4n) is 3.05. The van der Waals surface area contributed by atoms with Crippen molar-refractivity contribution in [2.24, 2.45) is 5.16 Å². The second-order valence-electron chi connectivity index (χ2n) is 5.77. The minimum Gasteiger partial charge on any atom is -0.511 e. The van der Waals surface area contributed by atoms with Crippen LogP contribution in [0.3, 0.4) is 0 Å². The summed E-state index contributed by atoms with van der Waals surface area (Å²) in [7, 11) is 0. The van der Waals surface area contributed by atoms with Crippen LogP contribution in [0, 0.1) is 0 Å². The summed E-state index contributed by atoms with van der Waals surface area (Å²) >= 11 is 0. The van der Waals surface area contributed by atoms with Crippen LogP contribution in [0.1, 0.15) is 44.6 Å². The number of benzene rings is 1. The number of ketones is 1. The molecule has 1 N–H and O–H groups in total. The molecule has 0 aromatic heterocycles. The molecule has 6 nitrogen and oxygen atoms in total. The molecule has 0 fully saturated rings. The van der Waals surface area contributed by atoms with E-state index in [0.29, 0.717) is 48.7 Å². The first-order valence-corrected chi connectivity index (χ1v) is 8.18. The molecule has 1 aromatic carbocycles. The summed E-state index contributed by atoms with van der Waals surface area (Å²) in [6.45, 7) is 4.34. The Labute approximate surface area is 140 Å². The minimum atomic E-state index is -0.110. The average Bonchev–Trinajstić information content (AvgIpc) is 3.04. The van der Waals surface area contributed by atoms with Crippen molar-refractivity contribution in [1.82, 2.24) is 0 Å². The van der Waals surface area contributed by atoms with E-state index in [-0.39, 0.29) is 24.3 Å². The van der Waals surface area contributed by atoms with Gasteiger partial charge in [-0.25, -0.2) is 0 Å². The Hall–Kier alpha value is -2.50. The number of ether oxygens (including phenoxy) is 2. The van der Waals surface area contributed by atoms with Crippen molar-refractivity contribution in [3.05, 3.63) is 35.1 Å². The van der Waals surface area contributed by atoms with E-state index in [4.69, 9.17) is 14.3 Å². The molecule has 1 atom stereocenters. The van der Waals surface area contributed by atoms with Crippen LogP contribution in [0.15, 0.2) is 34.7 Å². The summed E-state index contributed by atoms with van der Waals surface area (Å²) in [5.41, 5.74) is 1.77. The first-order valence-electron chi connectivity index (χ1n) is 8.18. The van der Waals surface area contributed by atoms with E-state index in [2.05, 4.69) is 5.16 Å². The molecule has 24 heavy (non-hydrogen) atoms. The van der Waals surface area contributed by atoms with Crippen LogP contribution >= 0.6 is 0 Å². The Balaban J connectivity index is 1.85. The number of allylic oxidation sites excluding steroid dienone is 2. The molecule has 0 saturated carbocycles. The fraction of sp³-hybridized carbons (Fsp3) is 0.444. The Morgan fingerprint density at radius 3 is 2.79 bits per heavy atom. The summed E-state index contributed by atoms with van der Waals surface area (Å²) in [4.78, 5) is 17.6. The Morgan fingerprint density at radius 1 is 1.29 bits per heavy atom. The molecule has 0 saturated heterocycles. The van der Waals surface area contributed by atoms with Crippen molar-refractivity contribution in [1.29, 1.82) is 0 Å². The molecular formula is C18H21NO5. The zero-order valence-corrected chi connectivity index (χ0v) is 13.9. The molecule has 0 spiro atoms. The first-order chi connectivity index (χ1) is 11.6. The van der Waals surface area contributed by atoms with Gasteiger partial charge in [-0.2, -0.15) is 0 Å². The van der Waals surface area contributed by atoms with Crippen LogP contribution in [0.2, 0.25) is 0 Å². The normalized spacial score (nSPS) is 20.5. The van der Waals surface area contributed by atoms with E-state index >= 15 is 0 Å². The fourth-order valence-corrected chi connectivity index (χ4v) is 3.05. The number of fused-ring (bicyclic) bond motifs is 1. The van der Waals surface area contributed by atoms with Gasteiger partial charge in [0.2, 0.25) is 6.79 Å². The van der Waals surface area contributed by atoms with Gasteiger partial charge in [0.25, 0.3) is 0 Å². The molecule has 2 aliphatic rings.